The number of aliphatic carboxylic acids is 1. The minimum atomic E-state index is -1.02. The van der Waals surface area contributed by atoms with Crippen LogP contribution in [-0.4, -0.2) is 11.2 Å². The minimum absolute atomic E-state index is 0. The third-order valence-electron chi connectivity index (χ3n) is 1.39. The molecular formula is C9H9NaO2S. The van der Waals surface area contributed by atoms with Crippen LogP contribution < -0.4 is 34.7 Å². The summed E-state index contributed by atoms with van der Waals surface area (Å²) in [6.45, 7) is 1.62. The molecule has 13 heavy (non-hydrogen) atoms. The molecule has 0 bridgehead atoms. The molecule has 0 saturated heterocycles. The van der Waals surface area contributed by atoms with Crippen molar-refractivity contribution in [3.05, 3.63) is 30.3 Å². The Balaban J connectivity index is 0.00000144. The first kappa shape index (κ1) is 13.0. The predicted molar refractivity (Wildman–Crippen MR) is 46.8 cm³/mol. The number of carbonyl (C=O) groups excluding carboxylic acids is 1. The van der Waals surface area contributed by atoms with E-state index in [1.807, 2.05) is 30.3 Å². The fourth-order valence-corrected chi connectivity index (χ4v) is 1.57. The Bertz CT molecular complexity index is 264. The number of hydrogen-bond acceptors (Lipinski definition) is 3. The van der Waals surface area contributed by atoms with Crippen LogP contribution >= 0.6 is 11.8 Å². The molecule has 0 unspecified atom stereocenters. The zero-order valence-corrected chi connectivity index (χ0v) is 10.5. The van der Waals surface area contributed by atoms with E-state index in [1.165, 1.54) is 11.8 Å². The van der Waals surface area contributed by atoms with Gasteiger partial charge in [-0.15, -0.1) is 11.8 Å². The topological polar surface area (TPSA) is 40.1 Å². The quantitative estimate of drug-likeness (QED) is 0.419. The molecule has 0 amide bonds. The van der Waals surface area contributed by atoms with Crippen molar-refractivity contribution in [1.29, 1.82) is 0 Å². The Kier molecular flexibility index (Phi) is 6.51. The van der Waals surface area contributed by atoms with Crippen LogP contribution in [-0.2, 0) is 4.79 Å². The maximum Gasteiger partial charge on any atom is 1.00 e. The van der Waals surface area contributed by atoms with Gasteiger partial charge >= 0.3 is 29.6 Å². The Labute approximate surface area is 104 Å². The number of benzene rings is 1. The summed E-state index contributed by atoms with van der Waals surface area (Å²) < 4.78 is 0. The molecule has 0 aliphatic rings. The number of rotatable bonds is 3. The Morgan fingerprint density at radius 1 is 1.38 bits per heavy atom. The summed E-state index contributed by atoms with van der Waals surface area (Å²) in [5.41, 5.74) is 0. The molecule has 0 heterocycles. The number of carboxylic acid groups (broad SMARTS) is 1. The van der Waals surface area contributed by atoms with Gasteiger partial charge in [-0.25, -0.2) is 0 Å². The summed E-state index contributed by atoms with van der Waals surface area (Å²) in [6.07, 6.45) is 0. The second-order valence-corrected chi connectivity index (χ2v) is 3.81. The summed E-state index contributed by atoms with van der Waals surface area (Å²) in [5.74, 6) is -1.02. The molecule has 0 spiro atoms. The van der Waals surface area contributed by atoms with Crippen molar-refractivity contribution in [3.63, 3.8) is 0 Å². The van der Waals surface area contributed by atoms with Crippen LogP contribution in [0.5, 0.6) is 0 Å². The normalized spacial score (nSPS) is 11.5. The SMILES string of the molecule is C[C@@H](Sc1ccccc1)C(=O)[O-].[Na+]. The summed E-state index contributed by atoms with van der Waals surface area (Å²) in [7, 11) is 0. The van der Waals surface area contributed by atoms with Gasteiger partial charge in [0.05, 0.1) is 5.97 Å². The molecule has 0 aromatic heterocycles. The van der Waals surface area contributed by atoms with Gasteiger partial charge in [0.2, 0.25) is 0 Å². The van der Waals surface area contributed by atoms with Crippen molar-refractivity contribution < 1.29 is 39.5 Å². The third kappa shape index (κ3) is 4.72. The molecule has 0 N–H and O–H groups in total. The molecule has 1 rings (SSSR count). The summed E-state index contributed by atoms with van der Waals surface area (Å²) in [6, 6.07) is 9.41. The summed E-state index contributed by atoms with van der Waals surface area (Å²) in [4.78, 5) is 11.3. The fourth-order valence-electron chi connectivity index (χ4n) is 0.751. The van der Waals surface area contributed by atoms with Crippen LogP contribution in [0.3, 0.4) is 0 Å². The van der Waals surface area contributed by atoms with Gasteiger partial charge in [0.25, 0.3) is 0 Å². The van der Waals surface area contributed by atoms with Gasteiger partial charge in [-0.1, -0.05) is 18.2 Å². The molecule has 1 aromatic carbocycles. The van der Waals surface area contributed by atoms with E-state index < -0.39 is 11.2 Å². The average molecular weight is 204 g/mol. The molecule has 0 radical (unpaired) electrons. The number of thioether (sulfide) groups is 1. The van der Waals surface area contributed by atoms with Gasteiger partial charge in [0.15, 0.2) is 0 Å². The standard InChI is InChI=1S/C9H10O2S.Na/c1-7(9(10)11)12-8-5-3-2-4-6-8;/h2-7H,1H3,(H,10,11);/q;+1/p-1/t7-;/m1./s1. The zero-order chi connectivity index (χ0) is 8.97. The molecule has 0 fully saturated rings. The molecule has 0 aliphatic heterocycles. The number of carbonyl (C=O) groups is 1. The van der Waals surface area contributed by atoms with Gasteiger partial charge in [-0.05, 0) is 19.1 Å². The van der Waals surface area contributed by atoms with Crippen molar-refractivity contribution in [2.75, 3.05) is 0 Å². The Morgan fingerprint density at radius 3 is 2.38 bits per heavy atom. The van der Waals surface area contributed by atoms with Crippen LogP contribution in [0.1, 0.15) is 6.92 Å². The largest absolute Gasteiger partial charge is 1.00 e. The van der Waals surface area contributed by atoms with E-state index in [4.69, 9.17) is 0 Å². The monoisotopic (exact) mass is 204 g/mol. The van der Waals surface area contributed by atoms with E-state index in [2.05, 4.69) is 0 Å². The molecule has 1 aromatic rings. The molecular weight excluding hydrogens is 195 g/mol. The van der Waals surface area contributed by atoms with Crippen molar-refractivity contribution in [2.24, 2.45) is 0 Å². The summed E-state index contributed by atoms with van der Waals surface area (Å²) in [5, 5.41) is 9.88. The van der Waals surface area contributed by atoms with E-state index in [1.54, 1.807) is 6.92 Å². The number of carboxylic acids is 1. The van der Waals surface area contributed by atoms with Crippen LogP contribution in [0.4, 0.5) is 0 Å². The molecule has 64 valence electrons. The Morgan fingerprint density at radius 2 is 1.92 bits per heavy atom. The van der Waals surface area contributed by atoms with Crippen molar-refractivity contribution in [2.45, 2.75) is 17.1 Å². The molecule has 1 atom stereocenters. The van der Waals surface area contributed by atoms with Crippen LogP contribution in [0.15, 0.2) is 35.2 Å². The molecule has 0 saturated carbocycles. The van der Waals surface area contributed by atoms with Crippen molar-refractivity contribution >= 4 is 17.7 Å². The van der Waals surface area contributed by atoms with Gasteiger partial charge in [-0.3, -0.25) is 0 Å². The molecule has 0 aliphatic carbocycles. The fraction of sp³-hybridized carbons (Fsp3) is 0.222. The smallest absolute Gasteiger partial charge is 0.549 e. The molecule has 4 heteroatoms. The van der Waals surface area contributed by atoms with Crippen molar-refractivity contribution in [3.8, 4) is 0 Å². The third-order valence-corrected chi connectivity index (χ3v) is 2.48. The molecule has 2 nitrogen and oxygen atoms in total. The first-order chi connectivity index (χ1) is 5.70. The minimum Gasteiger partial charge on any atom is -0.549 e. The number of hydrogen-bond donors (Lipinski definition) is 0. The van der Waals surface area contributed by atoms with E-state index >= 15 is 0 Å². The summed E-state index contributed by atoms with van der Waals surface area (Å²) >= 11 is 1.29. The first-order valence-corrected chi connectivity index (χ1v) is 4.50. The zero-order valence-electron chi connectivity index (χ0n) is 7.69. The average Bonchev–Trinajstić information content (AvgIpc) is 2.06. The van der Waals surface area contributed by atoms with Crippen LogP contribution in [0, 0.1) is 0 Å². The van der Waals surface area contributed by atoms with Crippen molar-refractivity contribution in [1.82, 2.24) is 0 Å². The van der Waals surface area contributed by atoms with Gasteiger partial charge in [-0.2, -0.15) is 0 Å². The maximum absolute atomic E-state index is 10.4. The predicted octanol–water partition coefficient (Wildman–Crippen LogP) is -2.08. The van der Waals surface area contributed by atoms with Gasteiger partial charge in [0.1, 0.15) is 0 Å². The van der Waals surface area contributed by atoms with Crippen LogP contribution in [0.25, 0.3) is 0 Å². The van der Waals surface area contributed by atoms with Gasteiger partial charge < -0.3 is 9.90 Å². The second-order valence-electron chi connectivity index (χ2n) is 2.39. The van der Waals surface area contributed by atoms with Crippen LogP contribution in [0.2, 0.25) is 0 Å². The maximum atomic E-state index is 10.4. The van der Waals surface area contributed by atoms with E-state index in [-0.39, 0.29) is 29.6 Å². The van der Waals surface area contributed by atoms with E-state index in [0.717, 1.165) is 4.90 Å². The second kappa shape index (κ2) is 6.49. The van der Waals surface area contributed by atoms with E-state index in [9.17, 15) is 9.90 Å². The van der Waals surface area contributed by atoms with E-state index in [0.29, 0.717) is 0 Å². The Hall–Kier alpha value is 0.0400. The first-order valence-electron chi connectivity index (χ1n) is 3.62. The van der Waals surface area contributed by atoms with Gasteiger partial charge in [0, 0.05) is 10.1 Å².